The van der Waals surface area contributed by atoms with Gasteiger partial charge in [0, 0.05) is 0 Å². The second kappa shape index (κ2) is 6.78. The third-order valence-corrected chi connectivity index (χ3v) is 11.8. The predicted octanol–water partition coefficient (Wildman–Crippen LogP) is 5.65. The van der Waals surface area contributed by atoms with Gasteiger partial charge >= 0.3 is 152 Å². The molecule has 0 bridgehead atoms. The number of rotatable bonds is 3. The molecule has 3 rings (SSSR count). The molecule has 0 saturated carbocycles. The van der Waals surface area contributed by atoms with E-state index in [4.69, 9.17) is 0 Å². The molecule has 3 aromatic rings. The van der Waals surface area contributed by atoms with Crippen LogP contribution in [0, 0.1) is 11.6 Å². The Morgan fingerprint density at radius 2 is 1.12 bits per heavy atom. The Morgan fingerprint density at radius 3 is 1.54 bits per heavy atom. The minimum atomic E-state index is -2.99. The third-order valence-electron chi connectivity index (χ3n) is 4.06. The van der Waals surface area contributed by atoms with E-state index in [9.17, 15) is 0 Å². The van der Waals surface area contributed by atoms with Crippen molar-refractivity contribution in [1.82, 2.24) is 0 Å². The van der Waals surface area contributed by atoms with Crippen molar-refractivity contribution in [3.05, 3.63) is 109 Å². The van der Waals surface area contributed by atoms with Crippen LogP contribution in [-0.2, 0) is 0 Å². The zero-order valence-electron chi connectivity index (χ0n) is 13.3. The van der Waals surface area contributed by atoms with Gasteiger partial charge in [0.15, 0.2) is 0 Å². The molecule has 0 heterocycles. The fourth-order valence-corrected chi connectivity index (χ4v) is 7.28. The summed E-state index contributed by atoms with van der Waals surface area (Å²) in [6.45, 7) is 4.18. The molecule has 0 aromatic heterocycles. The van der Waals surface area contributed by atoms with Crippen LogP contribution < -0.4 is 10.6 Å². The first-order chi connectivity index (χ1) is 11.7. The molecule has 2 heteroatoms. The fourth-order valence-electron chi connectivity index (χ4n) is 2.67. The van der Waals surface area contributed by atoms with E-state index in [0.29, 0.717) is 0 Å². The zero-order valence-corrected chi connectivity index (χ0v) is 15.8. The molecule has 0 aliphatic carbocycles. The van der Waals surface area contributed by atoms with Crippen LogP contribution in [0.5, 0.6) is 0 Å². The van der Waals surface area contributed by atoms with E-state index in [1.165, 1.54) is 0 Å². The summed E-state index contributed by atoms with van der Waals surface area (Å²) in [5, 5.41) is -0.668. The van der Waals surface area contributed by atoms with Crippen LogP contribution in [0.1, 0.15) is 5.56 Å². The Balaban J connectivity index is 2.30. The van der Waals surface area contributed by atoms with Crippen LogP contribution in [-0.4, -0.2) is 0 Å². The molecule has 0 spiro atoms. The van der Waals surface area contributed by atoms with Gasteiger partial charge in [-0.3, -0.25) is 0 Å². The first-order valence-corrected chi connectivity index (χ1v) is 12.1. The minimum absolute atomic E-state index is 1.000. The molecule has 0 radical (unpaired) electrons. The molecule has 0 atom stereocenters. The standard InChI is InChI=1S/C22H18BrP/c1-2-24(23,21-14-8-4-9-15-21,22-16-10-5-11-17-22)19-18-20-12-6-3-7-13-20/h2-17H,1H2. The van der Waals surface area contributed by atoms with Gasteiger partial charge in [-0.25, -0.2) is 0 Å². The maximum absolute atomic E-state index is 4.18. The fraction of sp³-hybridized carbons (Fsp3) is 0. The summed E-state index contributed by atoms with van der Waals surface area (Å²) in [4.78, 5) is 0. The summed E-state index contributed by atoms with van der Waals surface area (Å²) in [5.41, 5.74) is 4.59. The Bertz CT molecular complexity index is 851. The van der Waals surface area contributed by atoms with Gasteiger partial charge in [0.25, 0.3) is 0 Å². The van der Waals surface area contributed by atoms with E-state index >= 15 is 0 Å². The van der Waals surface area contributed by atoms with Crippen LogP contribution >= 0.6 is 20.8 Å². The van der Waals surface area contributed by atoms with Crippen LogP contribution in [0.25, 0.3) is 0 Å². The molecule has 0 N–H and O–H groups in total. The molecule has 0 fully saturated rings. The Labute approximate surface area is 151 Å². The van der Waals surface area contributed by atoms with Crippen molar-refractivity contribution in [2.75, 3.05) is 0 Å². The summed E-state index contributed by atoms with van der Waals surface area (Å²) in [7, 11) is 0. The van der Waals surface area contributed by atoms with Crippen LogP contribution in [0.15, 0.2) is 103 Å². The summed E-state index contributed by atoms with van der Waals surface area (Å²) < 4.78 is 0. The third kappa shape index (κ3) is 2.96. The molecule has 0 saturated heterocycles. The molecular weight excluding hydrogens is 375 g/mol. The number of hydrogen-bond acceptors (Lipinski definition) is 0. The van der Waals surface area contributed by atoms with Gasteiger partial charge in [-0.05, 0) is 0 Å². The Morgan fingerprint density at radius 1 is 0.708 bits per heavy atom. The average molecular weight is 393 g/mol. The number of halogens is 1. The van der Waals surface area contributed by atoms with E-state index in [2.05, 4.69) is 82.2 Å². The first kappa shape index (κ1) is 16.7. The predicted molar refractivity (Wildman–Crippen MR) is 112 cm³/mol. The second-order valence-electron chi connectivity index (χ2n) is 5.53. The molecule has 0 amide bonds. The molecule has 3 aromatic carbocycles. The molecular formula is C22H18BrP. The normalized spacial score (nSPS) is 12.3. The van der Waals surface area contributed by atoms with Gasteiger partial charge < -0.3 is 0 Å². The van der Waals surface area contributed by atoms with Gasteiger partial charge in [0.2, 0.25) is 0 Å². The van der Waals surface area contributed by atoms with E-state index in [1.807, 2.05) is 48.3 Å². The van der Waals surface area contributed by atoms with Crippen molar-refractivity contribution in [3.8, 4) is 11.6 Å². The number of hydrogen-bond donors (Lipinski definition) is 0. The molecule has 24 heavy (non-hydrogen) atoms. The van der Waals surface area contributed by atoms with Gasteiger partial charge in [-0.15, -0.1) is 0 Å². The molecule has 0 aliphatic rings. The van der Waals surface area contributed by atoms with Gasteiger partial charge in [-0.1, -0.05) is 0 Å². The first-order valence-electron chi connectivity index (χ1n) is 7.74. The Hall–Kier alpha value is -2.13. The SMILES string of the molecule is C=CP(Br)(C#Cc1ccccc1)(c1ccccc1)c1ccccc1. The van der Waals surface area contributed by atoms with Crippen LogP contribution in [0.2, 0.25) is 0 Å². The summed E-state index contributed by atoms with van der Waals surface area (Å²) in [5.74, 6) is 5.37. The second-order valence-corrected chi connectivity index (χ2v) is 13.7. The quantitative estimate of drug-likeness (QED) is 0.398. The van der Waals surface area contributed by atoms with Crippen molar-refractivity contribution in [1.29, 1.82) is 0 Å². The average Bonchev–Trinajstić information content (AvgIpc) is 2.69. The van der Waals surface area contributed by atoms with Crippen molar-refractivity contribution >= 4 is 31.4 Å². The molecule has 0 nitrogen and oxygen atoms in total. The summed E-state index contributed by atoms with van der Waals surface area (Å²) >= 11 is 4.10. The number of benzene rings is 3. The van der Waals surface area contributed by atoms with Gasteiger partial charge in [0.05, 0.1) is 0 Å². The van der Waals surface area contributed by atoms with Crippen LogP contribution in [0.3, 0.4) is 0 Å². The summed E-state index contributed by atoms with van der Waals surface area (Å²) in [6.07, 6.45) is 0. The topological polar surface area (TPSA) is 0 Å². The maximum atomic E-state index is 4.18. The van der Waals surface area contributed by atoms with E-state index in [0.717, 1.165) is 16.2 Å². The summed E-state index contributed by atoms with van der Waals surface area (Å²) in [6, 6.07) is 30.8. The van der Waals surface area contributed by atoms with E-state index < -0.39 is 5.31 Å². The zero-order chi connectivity index (χ0) is 16.9. The van der Waals surface area contributed by atoms with E-state index in [1.54, 1.807) is 0 Å². The molecule has 0 unspecified atom stereocenters. The van der Waals surface area contributed by atoms with Crippen molar-refractivity contribution in [3.63, 3.8) is 0 Å². The van der Waals surface area contributed by atoms with Crippen molar-refractivity contribution in [2.45, 2.75) is 0 Å². The van der Waals surface area contributed by atoms with Crippen LogP contribution in [0.4, 0.5) is 0 Å². The van der Waals surface area contributed by atoms with Crippen molar-refractivity contribution in [2.24, 2.45) is 0 Å². The monoisotopic (exact) mass is 392 g/mol. The Kier molecular flexibility index (Phi) is 4.72. The van der Waals surface area contributed by atoms with Gasteiger partial charge in [0.1, 0.15) is 0 Å². The van der Waals surface area contributed by atoms with Crippen molar-refractivity contribution < 1.29 is 0 Å². The molecule has 118 valence electrons. The molecule has 0 aliphatic heterocycles. The van der Waals surface area contributed by atoms with Gasteiger partial charge in [-0.2, -0.15) is 0 Å². The van der Waals surface area contributed by atoms with E-state index in [-0.39, 0.29) is 0 Å².